The Hall–Kier alpha value is -0.763. The van der Waals surface area contributed by atoms with Crippen LogP contribution in [-0.4, -0.2) is 27.9 Å². The molecule has 0 aliphatic rings. The van der Waals surface area contributed by atoms with Crippen molar-refractivity contribution in [2.75, 3.05) is 7.11 Å². The summed E-state index contributed by atoms with van der Waals surface area (Å²) in [5.74, 6) is -1.22. The van der Waals surface area contributed by atoms with Crippen LogP contribution in [0.5, 0.6) is 0 Å². The first-order valence-electron chi connectivity index (χ1n) is 7.91. The zero-order chi connectivity index (χ0) is 16.6. The normalized spacial score (nSPS) is 16.3. The molecule has 0 heterocycles. The lowest BCUT2D eigenvalue weighted by molar-refractivity contribution is -0.0340. The fourth-order valence-electron chi connectivity index (χ4n) is 2.29. The number of nitrogens with two attached hydrogens (primary N) is 2. The Morgan fingerprint density at radius 3 is 2.32 bits per heavy atom. The van der Waals surface area contributed by atoms with E-state index < -0.39 is 14.7 Å². The largest absolute Gasteiger partial charge is 0.503 e. The van der Waals surface area contributed by atoms with E-state index in [0.717, 1.165) is 12.8 Å². The van der Waals surface area contributed by atoms with Gasteiger partial charge in [0.15, 0.2) is 5.85 Å². The van der Waals surface area contributed by atoms with Gasteiger partial charge in [0.05, 0.1) is 6.10 Å². The maximum Gasteiger partial charge on any atom is 0.503 e. The van der Waals surface area contributed by atoms with Crippen LogP contribution in [0.3, 0.4) is 0 Å². The van der Waals surface area contributed by atoms with Crippen LogP contribution in [0, 0.1) is 0 Å². The van der Waals surface area contributed by atoms with Crippen molar-refractivity contribution in [1.29, 1.82) is 0 Å². The third-order valence-corrected chi connectivity index (χ3v) is 6.70. The van der Waals surface area contributed by atoms with E-state index in [1.165, 1.54) is 5.56 Å². The molecule has 5 nitrogen and oxygen atoms in total. The second kappa shape index (κ2) is 8.76. The van der Waals surface area contributed by atoms with Gasteiger partial charge in [-0.1, -0.05) is 50.6 Å². The molecule has 126 valence electrons. The van der Waals surface area contributed by atoms with Crippen LogP contribution in [0.2, 0.25) is 6.04 Å². The second-order valence-electron chi connectivity index (χ2n) is 5.67. The molecule has 0 bridgehead atoms. The smallest absolute Gasteiger partial charge is 0.377 e. The first-order chi connectivity index (χ1) is 10.4. The Morgan fingerprint density at radius 2 is 1.82 bits per heavy atom. The van der Waals surface area contributed by atoms with E-state index in [9.17, 15) is 0 Å². The van der Waals surface area contributed by atoms with Gasteiger partial charge in [0.1, 0.15) is 0 Å². The van der Waals surface area contributed by atoms with Crippen molar-refractivity contribution in [1.82, 2.24) is 0 Å². The summed E-state index contributed by atoms with van der Waals surface area (Å²) in [5, 5.41) is 0. The SMILES string of the molecule is CCC[Si](OC)(OC(C)Cc1ccccc1)OC(N)(N)CC. The third-order valence-electron chi connectivity index (χ3n) is 3.51. The van der Waals surface area contributed by atoms with Gasteiger partial charge in [-0.25, -0.2) is 0 Å². The molecule has 0 spiro atoms. The summed E-state index contributed by atoms with van der Waals surface area (Å²) in [5.41, 5.74) is 13.1. The molecule has 0 saturated carbocycles. The van der Waals surface area contributed by atoms with Gasteiger partial charge in [-0.15, -0.1) is 0 Å². The topological polar surface area (TPSA) is 79.7 Å². The average molecular weight is 327 g/mol. The van der Waals surface area contributed by atoms with Crippen LogP contribution in [0.4, 0.5) is 0 Å². The van der Waals surface area contributed by atoms with Crippen molar-refractivity contribution in [2.45, 2.75) is 58.0 Å². The lowest BCUT2D eigenvalue weighted by atomic mass is 10.1. The fourth-order valence-corrected chi connectivity index (χ4v) is 4.97. The van der Waals surface area contributed by atoms with Gasteiger partial charge in [0, 0.05) is 19.6 Å². The Labute approximate surface area is 135 Å². The van der Waals surface area contributed by atoms with Gasteiger partial charge < -0.3 is 13.3 Å². The second-order valence-corrected chi connectivity index (χ2v) is 8.38. The molecule has 2 unspecified atom stereocenters. The minimum absolute atomic E-state index is 0.0341. The van der Waals surface area contributed by atoms with Crippen molar-refractivity contribution in [2.24, 2.45) is 11.5 Å². The molecule has 6 heteroatoms. The van der Waals surface area contributed by atoms with E-state index >= 15 is 0 Å². The zero-order valence-corrected chi connectivity index (χ0v) is 15.2. The molecule has 1 rings (SSSR count). The molecule has 0 aromatic heterocycles. The Kier molecular flexibility index (Phi) is 7.68. The van der Waals surface area contributed by atoms with Crippen LogP contribution in [0.1, 0.15) is 39.2 Å². The van der Waals surface area contributed by atoms with E-state index in [0.29, 0.717) is 12.5 Å². The van der Waals surface area contributed by atoms with Gasteiger partial charge in [-0.3, -0.25) is 11.5 Å². The lowest BCUT2D eigenvalue weighted by Crippen LogP contribution is -2.62. The Morgan fingerprint density at radius 1 is 1.18 bits per heavy atom. The van der Waals surface area contributed by atoms with Crippen molar-refractivity contribution >= 4 is 8.80 Å². The molecule has 2 atom stereocenters. The summed E-state index contributed by atoms with van der Waals surface area (Å²) in [6.45, 7) is 5.97. The zero-order valence-electron chi connectivity index (χ0n) is 14.2. The predicted octanol–water partition coefficient (Wildman–Crippen LogP) is 2.63. The lowest BCUT2D eigenvalue weighted by Gasteiger charge is -2.37. The van der Waals surface area contributed by atoms with Crippen molar-refractivity contribution in [3.8, 4) is 0 Å². The molecule has 0 radical (unpaired) electrons. The predicted molar refractivity (Wildman–Crippen MR) is 91.0 cm³/mol. The molecule has 0 aliphatic heterocycles. The minimum atomic E-state index is -2.89. The van der Waals surface area contributed by atoms with Crippen molar-refractivity contribution in [3.05, 3.63) is 35.9 Å². The van der Waals surface area contributed by atoms with Crippen LogP contribution in [0.15, 0.2) is 30.3 Å². The number of hydrogen-bond donors (Lipinski definition) is 2. The van der Waals surface area contributed by atoms with Crippen LogP contribution >= 0.6 is 0 Å². The van der Waals surface area contributed by atoms with E-state index in [1.54, 1.807) is 7.11 Å². The molecule has 0 aliphatic carbocycles. The van der Waals surface area contributed by atoms with E-state index in [-0.39, 0.29) is 6.10 Å². The van der Waals surface area contributed by atoms with Crippen LogP contribution < -0.4 is 11.5 Å². The number of hydrogen-bond acceptors (Lipinski definition) is 5. The quantitative estimate of drug-likeness (QED) is 0.510. The monoisotopic (exact) mass is 326 g/mol. The highest BCUT2D eigenvalue weighted by molar-refractivity contribution is 6.60. The maximum absolute atomic E-state index is 6.20. The highest BCUT2D eigenvalue weighted by atomic mass is 28.4. The molecule has 0 amide bonds. The van der Waals surface area contributed by atoms with E-state index in [2.05, 4.69) is 19.1 Å². The molecular formula is C16H30N2O3Si. The summed E-state index contributed by atoms with van der Waals surface area (Å²) in [4.78, 5) is 0. The van der Waals surface area contributed by atoms with Gasteiger partial charge >= 0.3 is 8.80 Å². The molecule has 4 N–H and O–H groups in total. The Balaban J connectivity index is 2.78. The van der Waals surface area contributed by atoms with Crippen LogP contribution in [-0.2, 0) is 19.7 Å². The summed E-state index contributed by atoms with van der Waals surface area (Å²) in [6, 6.07) is 10.9. The molecular weight excluding hydrogens is 296 g/mol. The first-order valence-corrected chi connectivity index (χ1v) is 9.84. The maximum atomic E-state index is 6.20. The van der Waals surface area contributed by atoms with Gasteiger partial charge in [-0.05, 0) is 18.9 Å². The minimum Gasteiger partial charge on any atom is -0.377 e. The van der Waals surface area contributed by atoms with E-state index in [4.69, 9.17) is 24.7 Å². The van der Waals surface area contributed by atoms with E-state index in [1.807, 2.05) is 32.0 Å². The highest BCUT2D eigenvalue weighted by Gasteiger charge is 2.45. The first kappa shape index (κ1) is 19.3. The molecule has 1 aromatic rings. The fraction of sp³-hybridized carbons (Fsp3) is 0.625. The highest BCUT2D eigenvalue weighted by Crippen LogP contribution is 2.24. The number of rotatable bonds is 10. The van der Waals surface area contributed by atoms with Crippen molar-refractivity contribution in [3.63, 3.8) is 0 Å². The Bertz CT molecular complexity index is 431. The molecule has 22 heavy (non-hydrogen) atoms. The summed E-state index contributed by atoms with van der Waals surface area (Å²) in [7, 11) is -1.28. The standard InChI is InChI=1S/C16H30N2O3Si/c1-5-12-22(19-4,21-16(17,18)6-2)20-14(3)13-15-10-8-7-9-11-15/h7-11,14H,5-6,12-13,17-18H2,1-4H3. The number of benzene rings is 1. The summed E-state index contributed by atoms with van der Waals surface area (Å²) < 4.78 is 17.8. The van der Waals surface area contributed by atoms with Gasteiger partial charge in [0.25, 0.3) is 0 Å². The van der Waals surface area contributed by atoms with Gasteiger partial charge in [0.2, 0.25) is 0 Å². The molecule has 1 aromatic carbocycles. The average Bonchev–Trinajstić information content (AvgIpc) is 2.48. The molecule has 0 fully saturated rings. The third kappa shape index (κ3) is 6.16. The molecule has 0 saturated heterocycles. The van der Waals surface area contributed by atoms with Crippen molar-refractivity contribution < 1.29 is 13.3 Å². The summed E-state index contributed by atoms with van der Waals surface area (Å²) in [6.07, 6.45) is 2.14. The van der Waals surface area contributed by atoms with Gasteiger partial charge in [-0.2, -0.15) is 0 Å². The summed E-state index contributed by atoms with van der Waals surface area (Å²) >= 11 is 0. The van der Waals surface area contributed by atoms with Crippen LogP contribution in [0.25, 0.3) is 0 Å².